The van der Waals surface area contributed by atoms with Crippen molar-refractivity contribution >= 4 is 16.9 Å². The van der Waals surface area contributed by atoms with Crippen molar-refractivity contribution < 1.29 is 0 Å². The molecule has 2 nitrogen and oxygen atoms in total. The molecular weight excluding hydrogens is 192 g/mol. The van der Waals surface area contributed by atoms with Gasteiger partial charge < -0.3 is 5.73 Å². The Balaban J connectivity index is 2.34. The maximum Gasteiger partial charge on any atom is 0.154 e. The first kappa shape index (κ1) is 11.1. The Kier molecular flexibility index (Phi) is 5.15. The van der Waals surface area contributed by atoms with Gasteiger partial charge in [-0.1, -0.05) is 49.0 Å². The minimum Gasteiger partial charge on any atom is -0.379 e. The van der Waals surface area contributed by atoms with Gasteiger partial charge in [-0.05, 0) is 12.0 Å². The Bertz CT molecular complexity index is 283. The van der Waals surface area contributed by atoms with Crippen molar-refractivity contribution in [3.8, 4) is 0 Å². The molecule has 0 aliphatic heterocycles. The van der Waals surface area contributed by atoms with Crippen LogP contribution in [0.25, 0.3) is 0 Å². The molecule has 1 aromatic rings. The summed E-state index contributed by atoms with van der Waals surface area (Å²) in [6.45, 7) is 2.92. The molecule has 1 rings (SSSR count). The Morgan fingerprint density at radius 2 is 2.07 bits per heavy atom. The summed E-state index contributed by atoms with van der Waals surface area (Å²) in [5, 5.41) is 0.690. The molecule has 14 heavy (non-hydrogen) atoms. The smallest absolute Gasteiger partial charge is 0.154 e. The predicted molar refractivity (Wildman–Crippen MR) is 64.5 cm³/mol. The van der Waals surface area contributed by atoms with Crippen LogP contribution < -0.4 is 5.73 Å². The largest absolute Gasteiger partial charge is 0.379 e. The van der Waals surface area contributed by atoms with Crippen molar-refractivity contribution in [3.05, 3.63) is 35.9 Å². The van der Waals surface area contributed by atoms with Crippen LogP contribution in [0.4, 0.5) is 0 Å². The molecule has 0 radical (unpaired) electrons. The highest BCUT2D eigenvalue weighted by molar-refractivity contribution is 8.13. The SMILES string of the molecule is CCCN=C(N)SCc1ccccc1. The van der Waals surface area contributed by atoms with E-state index in [-0.39, 0.29) is 0 Å². The third-order valence-corrected chi connectivity index (χ3v) is 2.62. The van der Waals surface area contributed by atoms with Crippen molar-refractivity contribution in [1.29, 1.82) is 0 Å². The standard InChI is InChI=1S/C11H16N2S/c1-2-8-13-11(12)14-9-10-6-4-3-5-7-10/h3-7H,2,8-9H2,1H3,(H2,12,13). The van der Waals surface area contributed by atoms with Gasteiger partial charge in [0, 0.05) is 12.3 Å². The molecule has 3 heteroatoms. The van der Waals surface area contributed by atoms with E-state index in [2.05, 4.69) is 24.0 Å². The maximum atomic E-state index is 5.72. The van der Waals surface area contributed by atoms with Gasteiger partial charge in [0.15, 0.2) is 5.17 Å². The zero-order valence-corrected chi connectivity index (χ0v) is 9.26. The van der Waals surface area contributed by atoms with Gasteiger partial charge in [-0.2, -0.15) is 0 Å². The van der Waals surface area contributed by atoms with E-state index in [0.29, 0.717) is 5.17 Å². The third kappa shape index (κ3) is 4.33. The first-order valence-corrected chi connectivity index (χ1v) is 5.78. The molecule has 0 bridgehead atoms. The topological polar surface area (TPSA) is 38.4 Å². The molecule has 0 heterocycles. The number of rotatable bonds is 4. The highest BCUT2D eigenvalue weighted by atomic mass is 32.2. The zero-order chi connectivity index (χ0) is 10.2. The van der Waals surface area contributed by atoms with Gasteiger partial charge in [0.1, 0.15) is 0 Å². The lowest BCUT2D eigenvalue weighted by molar-refractivity contribution is 0.934. The lowest BCUT2D eigenvalue weighted by Gasteiger charge is -2.00. The fraction of sp³-hybridized carbons (Fsp3) is 0.364. The molecular formula is C11H16N2S. The van der Waals surface area contributed by atoms with Crippen LogP contribution in [-0.2, 0) is 5.75 Å². The minimum absolute atomic E-state index is 0.690. The normalized spacial score (nSPS) is 11.6. The van der Waals surface area contributed by atoms with Gasteiger partial charge >= 0.3 is 0 Å². The first-order chi connectivity index (χ1) is 6.83. The van der Waals surface area contributed by atoms with E-state index in [0.717, 1.165) is 18.7 Å². The number of nitrogens with zero attached hydrogens (tertiary/aromatic N) is 1. The quantitative estimate of drug-likeness (QED) is 0.610. The summed E-state index contributed by atoms with van der Waals surface area (Å²) < 4.78 is 0. The molecule has 1 aromatic carbocycles. The van der Waals surface area contributed by atoms with Gasteiger partial charge in [-0.15, -0.1) is 0 Å². The molecule has 0 saturated heterocycles. The number of hydrogen-bond acceptors (Lipinski definition) is 2. The molecule has 2 N–H and O–H groups in total. The number of benzene rings is 1. The fourth-order valence-electron chi connectivity index (χ4n) is 0.999. The Labute approximate surface area is 89.6 Å². The lowest BCUT2D eigenvalue weighted by atomic mass is 10.2. The third-order valence-electron chi connectivity index (χ3n) is 1.72. The van der Waals surface area contributed by atoms with Crippen molar-refractivity contribution in [2.24, 2.45) is 10.7 Å². The predicted octanol–water partition coefficient (Wildman–Crippen LogP) is 2.64. The van der Waals surface area contributed by atoms with Crippen LogP contribution in [0.2, 0.25) is 0 Å². The summed E-state index contributed by atoms with van der Waals surface area (Å²) in [7, 11) is 0. The van der Waals surface area contributed by atoms with Crippen LogP contribution in [0, 0.1) is 0 Å². The van der Waals surface area contributed by atoms with Crippen LogP contribution in [0.3, 0.4) is 0 Å². The van der Waals surface area contributed by atoms with Gasteiger partial charge in [0.05, 0.1) is 0 Å². The highest BCUT2D eigenvalue weighted by Gasteiger charge is 1.95. The summed E-state index contributed by atoms with van der Waals surface area (Å²) in [6.07, 6.45) is 1.05. The van der Waals surface area contributed by atoms with Gasteiger partial charge in [0.25, 0.3) is 0 Å². The molecule has 0 unspecified atom stereocenters. The van der Waals surface area contributed by atoms with Crippen LogP contribution in [0.5, 0.6) is 0 Å². The van der Waals surface area contributed by atoms with Crippen LogP contribution in [0.1, 0.15) is 18.9 Å². The molecule has 0 saturated carbocycles. The second-order valence-electron chi connectivity index (χ2n) is 2.99. The first-order valence-electron chi connectivity index (χ1n) is 4.79. The van der Waals surface area contributed by atoms with Crippen molar-refractivity contribution in [3.63, 3.8) is 0 Å². The Morgan fingerprint density at radius 1 is 1.36 bits per heavy atom. The summed E-state index contributed by atoms with van der Waals surface area (Å²) in [5.41, 5.74) is 7.00. The zero-order valence-electron chi connectivity index (χ0n) is 8.44. The lowest BCUT2D eigenvalue weighted by Crippen LogP contribution is -2.07. The monoisotopic (exact) mass is 208 g/mol. The highest BCUT2D eigenvalue weighted by Crippen LogP contribution is 2.11. The van der Waals surface area contributed by atoms with Crippen LogP contribution in [-0.4, -0.2) is 11.7 Å². The average molecular weight is 208 g/mol. The summed E-state index contributed by atoms with van der Waals surface area (Å²) in [4.78, 5) is 4.22. The molecule has 76 valence electrons. The molecule has 0 atom stereocenters. The van der Waals surface area contributed by atoms with E-state index in [1.807, 2.05) is 18.2 Å². The number of thioether (sulfide) groups is 1. The van der Waals surface area contributed by atoms with Gasteiger partial charge in [0.2, 0.25) is 0 Å². The number of hydrogen-bond donors (Lipinski definition) is 1. The van der Waals surface area contributed by atoms with E-state index in [4.69, 9.17) is 5.73 Å². The van der Waals surface area contributed by atoms with E-state index >= 15 is 0 Å². The minimum atomic E-state index is 0.690. The maximum absolute atomic E-state index is 5.72. The number of nitrogens with two attached hydrogens (primary N) is 1. The van der Waals surface area contributed by atoms with E-state index in [1.165, 1.54) is 5.56 Å². The van der Waals surface area contributed by atoms with E-state index in [1.54, 1.807) is 11.8 Å². The second kappa shape index (κ2) is 6.49. The molecule has 0 fully saturated rings. The Hall–Kier alpha value is -0.960. The summed E-state index contributed by atoms with van der Waals surface area (Å²) >= 11 is 1.60. The van der Waals surface area contributed by atoms with Crippen molar-refractivity contribution in [2.75, 3.05) is 6.54 Å². The fourth-order valence-corrected chi connectivity index (χ4v) is 1.69. The molecule has 0 amide bonds. The molecule has 0 aromatic heterocycles. The van der Waals surface area contributed by atoms with E-state index < -0.39 is 0 Å². The summed E-state index contributed by atoms with van der Waals surface area (Å²) in [5.74, 6) is 0.903. The molecule has 0 aliphatic rings. The van der Waals surface area contributed by atoms with Crippen LogP contribution in [0.15, 0.2) is 35.3 Å². The van der Waals surface area contributed by atoms with Crippen LogP contribution >= 0.6 is 11.8 Å². The van der Waals surface area contributed by atoms with Gasteiger partial charge in [-0.3, -0.25) is 4.99 Å². The second-order valence-corrected chi connectivity index (χ2v) is 3.99. The average Bonchev–Trinajstić information content (AvgIpc) is 2.25. The Morgan fingerprint density at radius 3 is 2.71 bits per heavy atom. The summed E-state index contributed by atoms with van der Waals surface area (Å²) in [6, 6.07) is 10.3. The number of aliphatic imine (C=N–C) groups is 1. The van der Waals surface area contributed by atoms with Crippen molar-refractivity contribution in [2.45, 2.75) is 19.1 Å². The van der Waals surface area contributed by atoms with Crippen molar-refractivity contribution in [1.82, 2.24) is 0 Å². The van der Waals surface area contributed by atoms with E-state index in [9.17, 15) is 0 Å². The van der Waals surface area contributed by atoms with Gasteiger partial charge in [-0.25, -0.2) is 0 Å². The molecule has 0 aliphatic carbocycles. The number of amidine groups is 1. The molecule has 0 spiro atoms.